The van der Waals surface area contributed by atoms with Gasteiger partial charge in [-0.25, -0.2) is 4.99 Å². The maximum atomic E-state index is 9.06. The van der Waals surface area contributed by atoms with Crippen LogP contribution in [0.5, 0.6) is 0 Å². The summed E-state index contributed by atoms with van der Waals surface area (Å²) in [6, 6.07) is 3.92. The highest BCUT2D eigenvalue weighted by Crippen LogP contribution is 2.22. The maximum Gasteiger partial charge on any atom is 0.227 e. The number of ether oxygens (including phenoxy) is 1. The average molecular weight is 197 g/mol. The van der Waals surface area contributed by atoms with Crippen LogP contribution in [0, 0.1) is 0 Å². The first-order valence-electron chi connectivity index (χ1n) is 4.11. The molecule has 4 heteroatoms. The quantitative estimate of drug-likeness (QED) is 0.776. The fourth-order valence-corrected chi connectivity index (χ4v) is 1.81. The number of nitrogens with zero attached hydrogens (tertiary/aromatic N) is 1. The molecule has 1 aromatic heterocycles. The second-order valence-electron chi connectivity index (χ2n) is 3.34. The van der Waals surface area contributed by atoms with Gasteiger partial charge < -0.3 is 9.84 Å². The van der Waals surface area contributed by atoms with Crippen LogP contribution in [0.2, 0.25) is 0 Å². The molecule has 0 saturated carbocycles. The first-order chi connectivity index (χ1) is 6.23. The zero-order valence-electron chi connectivity index (χ0n) is 7.36. The van der Waals surface area contributed by atoms with Gasteiger partial charge in [-0.2, -0.15) is 0 Å². The van der Waals surface area contributed by atoms with Crippen LogP contribution in [0.4, 0.5) is 0 Å². The molecular formula is C9H11NO2S. The Morgan fingerprint density at radius 1 is 1.77 bits per heavy atom. The van der Waals surface area contributed by atoms with Gasteiger partial charge in [-0.15, -0.1) is 11.3 Å². The highest BCUT2D eigenvalue weighted by molar-refractivity contribution is 7.12. The van der Waals surface area contributed by atoms with Crippen LogP contribution in [0.25, 0.3) is 0 Å². The van der Waals surface area contributed by atoms with E-state index in [4.69, 9.17) is 9.84 Å². The highest BCUT2D eigenvalue weighted by atomic mass is 32.1. The van der Waals surface area contributed by atoms with Gasteiger partial charge in [0, 0.05) is 0 Å². The Labute approximate surface area is 80.7 Å². The maximum absolute atomic E-state index is 9.06. The Morgan fingerprint density at radius 2 is 2.62 bits per heavy atom. The first-order valence-corrected chi connectivity index (χ1v) is 4.99. The molecule has 1 aliphatic heterocycles. The van der Waals surface area contributed by atoms with Crippen LogP contribution in [-0.2, 0) is 4.74 Å². The molecule has 1 aliphatic rings. The second-order valence-corrected chi connectivity index (χ2v) is 4.29. The zero-order chi connectivity index (χ0) is 9.31. The van der Waals surface area contributed by atoms with E-state index in [2.05, 4.69) is 4.99 Å². The van der Waals surface area contributed by atoms with E-state index in [1.54, 1.807) is 11.3 Å². The van der Waals surface area contributed by atoms with Crippen LogP contribution in [0.15, 0.2) is 22.5 Å². The Balaban J connectivity index is 2.24. The van der Waals surface area contributed by atoms with Gasteiger partial charge in [0.15, 0.2) is 0 Å². The number of thiophene rings is 1. The van der Waals surface area contributed by atoms with Crippen LogP contribution in [0.3, 0.4) is 0 Å². The number of aliphatic hydroxyl groups excluding tert-OH is 1. The molecule has 1 N–H and O–H groups in total. The molecule has 0 fully saturated rings. The summed E-state index contributed by atoms with van der Waals surface area (Å²) in [5, 5.41) is 11.0. The third kappa shape index (κ3) is 1.59. The van der Waals surface area contributed by atoms with Crippen molar-refractivity contribution in [3.8, 4) is 0 Å². The van der Waals surface area contributed by atoms with Crippen molar-refractivity contribution in [3.05, 3.63) is 22.4 Å². The second kappa shape index (κ2) is 3.12. The fraction of sp³-hybridized carbons (Fsp3) is 0.444. The van der Waals surface area contributed by atoms with Crippen molar-refractivity contribution in [3.63, 3.8) is 0 Å². The molecular weight excluding hydrogens is 186 g/mol. The predicted molar refractivity (Wildman–Crippen MR) is 52.3 cm³/mol. The smallest absolute Gasteiger partial charge is 0.227 e. The number of rotatable bonds is 2. The third-order valence-electron chi connectivity index (χ3n) is 1.96. The van der Waals surface area contributed by atoms with E-state index in [0.29, 0.717) is 12.5 Å². The average Bonchev–Trinajstić information content (AvgIpc) is 2.73. The minimum atomic E-state index is -0.445. The molecule has 0 saturated heterocycles. The summed E-state index contributed by atoms with van der Waals surface area (Å²) in [6.07, 6.45) is 0. The van der Waals surface area contributed by atoms with Crippen LogP contribution in [0.1, 0.15) is 11.8 Å². The number of aliphatic imine (C=N–C) groups is 1. The monoisotopic (exact) mass is 197 g/mol. The van der Waals surface area contributed by atoms with E-state index in [1.807, 2.05) is 24.4 Å². The van der Waals surface area contributed by atoms with Gasteiger partial charge >= 0.3 is 0 Å². The molecule has 1 aromatic rings. The Hall–Kier alpha value is -0.870. The molecule has 0 amide bonds. The van der Waals surface area contributed by atoms with Crippen molar-refractivity contribution in [1.82, 2.24) is 0 Å². The number of hydrogen-bond donors (Lipinski definition) is 1. The van der Waals surface area contributed by atoms with Crippen molar-refractivity contribution in [1.29, 1.82) is 0 Å². The molecule has 2 heterocycles. The largest absolute Gasteiger partial charge is 0.474 e. The van der Waals surface area contributed by atoms with E-state index in [1.165, 1.54) is 0 Å². The number of aliphatic hydroxyl groups is 1. The summed E-state index contributed by atoms with van der Waals surface area (Å²) in [6.45, 7) is 2.38. The van der Waals surface area contributed by atoms with Gasteiger partial charge in [-0.05, 0) is 18.4 Å². The molecule has 3 nitrogen and oxygen atoms in total. The molecule has 2 rings (SSSR count). The summed E-state index contributed by atoms with van der Waals surface area (Å²) in [4.78, 5) is 5.36. The third-order valence-corrected chi connectivity index (χ3v) is 2.82. The molecule has 1 atom stereocenters. The summed E-state index contributed by atoms with van der Waals surface area (Å²) < 4.78 is 5.40. The first kappa shape index (κ1) is 8.72. The number of hydrogen-bond acceptors (Lipinski definition) is 4. The molecule has 0 spiro atoms. The predicted octanol–water partition coefficient (Wildman–Crippen LogP) is 1.28. The van der Waals surface area contributed by atoms with Crippen LogP contribution >= 0.6 is 11.3 Å². The van der Waals surface area contributed by atoms with Crippen molar-refractivity contribution < 1.29 is 9.84 Å². The van der Waals surface area contributed by atoms with Crippen LogP contribution < -0.4 is 0 Å². The minimum Gasteiger partial charge on any atom is -0.474 e. The molecule has 0 radical (unpaired) electrons. The summed E-state index contributed by atoms with van der Waals surface area (Å²) in [5.41, 5.74) is -0.445. The highest BCUT2D eigenvalue weighted by Gasteiger charge is 2.31. The van der Waals surface area contributed by atoms with Crippen LogP contribution in [-0.4, -0.2) is 29.8 Å². The lowest BCUT2D eigenvalue weighted by Gasteiger charge is -2.12. The zero-order valence-corrected chi connectivity index (χ0v) is 8.17. The van der Waals surface area contributed by atoms with Crippen molar-refractivity contribution in [2.24, 2.45) is 4.99 Å². The van der Waals surface area contributed by atoms with Gasteiger partial charge in [0.05, 0.1) is 11.5 Å². The molecule has 0 aromatic carbocycles. The van der Waals surface area contributed by atoms with Crippen molar-refractivity contribution in [2.45, 2.75) is 12.5 Å². The molecule has 13 heavy (non-hydrogen) atoms. The normalized spacial score (nSPS) is 27.1. The standard InChI is InChI=1S/C9H11NO2S/c1-9(5-11)6-12-8(10-9)7-3-2-4-13-7/h2-4,11H,5-6H2,1H3. The lowest BCUT2D eigenvalue weighted by atomic mass is 10.1. The fourth-order valence-electron chi connectivity index (χ4n) is 1.14. The van der Waals surface area contributed by atoms with Crippen molar-refractivity contribution in [2.75, 3.05) is 13.2 Å². The summed E-state index contributed by atoms with van der Waals surface area (Å²) in [7, 11) is 0. The molecule has 70 valence electrons. The van der Waals surface area contributed by atoms with Gasteiger partial charge in [0.1, 0.15) is 12.1 Å². The minimum absolute atomic E-state index is 0.0296. The Kier molecular flexibility index (Phi) is 2.09. The summed E-state index contributed by atoms with van der Waals surface area (Å²) >= 11 is 1.59. The van der Waals surface area contributed by atoms with E-state index in [-0.39, 0.29) is 6.61 Å². The van der Waals surface area contributed by atoms with E-state index in [9.17, 15) is 0 Å². The molecule has 1 unspecified atom stereocenters. The van der Waals surface area contributed by atoms with Crippen molar-refractivity contribution >= 4 is 17.2 Å². The summed E-state index contributed by atoms with van der Waals surface area (Å²) in [5.74, 6) is 0.659. The SMILES string of the molecule is CC1(CO)COC(c2cccs2)=N1. The van der Waals surface area contributed by atoms with E-state index < -0.39 is 5.54 Å². The van der Waals surface area contributed by atoms with Gasteiger partial charge in [0.25, 0.3) is 0 Å². The topological polar surface area (TPSA) is 41.8 Å². The van der Waals surface area contributed by atoms with Gasteiger partial charge in [0.2, 0.25) is 5.90 Å². The lowest BCUT2D eigenvalue weighted by molar-refractivity contribution is 0.170. The lowest BCUT2D eigenvalue weighted by Crippen LogP contribution is -2.28. The van der Waals surface area contributed by atoms with E-state index in [0.717, 1.165) is 4.88 Å². The molecule has 0 bridgehead atoms. The van der Waals surface area contributed by atoms with Gasteiger partial charge in [-0.1, -0.05) is 6.07 Å². The van der Waals surface area contributed by atoms with E-state index >= 15 is 0 Å². The Bertz CT molecular complexity index is 320. The molecule has 0 aliphatic carbocycles. The Morgan fingerprint density at radius 3 is 3.15 bits per heavy atom. The van der Waals surface area contributed by atoms with Gasteiger partial charge in [-0.3, -0.25) is 0 Å².